The number of amides is 1. The number of carboxylic acid groups (broad SMARTS) is 1. The number of carbonyl (C=O) groups excluding carboxylic acids is 1. The summed E-state index contributed by atoms with van der Waals surface area (Å²) in [5.41, 5.74) is 1.99. The third kappa shape index (κ3) is 3.71. The van der Waals surface area contributed by atoms with E-state index in [2.05, 4.69) is 10.4 Å². The largest absolute Gasteiger partial charge is 0.481 e. The summed E-state index contributed by atoms with van der Waals surface area (Å²) in [5, 5.41) is 16.3. The molecule has 21 heavy (non-hydrogen) atoms. The van der Waals surface area contributed by atoms with E-state index >= 15 is 0 Å². The van der Waals surface area contributed by atoms with Gasteiger partial charge in [0.15, 0.2) is 0 Å². The topological polar surface area (TPSA) is 84.2 Å². The van der Waals surface area contributed by atoms with E-state index in [4.69, 9.17) is 0 Å². The van der Waals surface area contributed by atoms with Crippen LogP contribution in [0.2, 0.25) is 0 Å². The predicted octanol–water partition coefficient (Wildman–Crippen LogP) is 1.28. The van der Waals surface area contributed by atoms with Gasteiger partial charge in [-0.15, -0.1) is 0 Å². The minimum Gasteiger partial charge on any atom is -0.481 e. The predicted molar refractivity (Wildman–Crippen MR) is 77.7 cm³/mol. The molecule has 0 saturated heterocycles. The monoisotopic (exact) mass is 291 g/mol. The van der Waals surface area contributed by atoms with Gasteiger partial charge in [-0.3, -0.25) is 14.3 Å². The van der Waals surface area contributed by atoms with Gasteiger partial charge in [0.05, 0.1) is 24.1 Å². The Hall–Kier alpha value is -2.11. The quantitative estimate of drug-likeness (QED) is 0.800. The van der Waals surface area contributed by atoms with Gasteiger partial charge in [0, 0.05) is 12.2 Å². The molecule has 2 rings (SSSR count). The van der Waals surface area contributed by atoms with E-state index in [1.807, 2.05) is 36.7 Å². The van der Waals surface area contributed by atoms with Crippen LogP contribution in [0.1, 0.15) is 24.2 Å². The third-order valence-electron chi connectivity index (χ3n) is 3.81. The van der Waals surface area contributed by atoms with Crippen molar-refractivity contribution < 1.29 is 14.7 Å². The van der Waals surface area contributed by atoms with E-state index < -0.39 is 17.8 Å². The first-order valence-corrected chi connectivity index (χ1v) is 7.15. The molecule has 2 unspecified atom stereocenters. The third-order valence-corrected chi connectivity index (χ3v) is 3.81. The van der Waals surface area contributed by atoms with Gasteiger partial charge in [-0.25, -0.2) is 0 Å². The number of nitrogens with one attached hydrogen (secondary N) is 1. The Morgan fingerprint density at radius 3 is 2.57 bits per heavy atom. The highest BCUT2D eigenvalue weighted by Crippen LogP contribution is 2.25. The molecular formula is C15H21N3O3. The number of aromatic nitrogens is 2. The number of aliphatic carboxylic acids is 1. The van der Waals surface area contributed by atoms with E-state index in [0.717, 1.165) is 11.4 Å². The molecule has 1 aromatic rings. The summed E-state index contributed by atoms with van der Waals surface area (Å²) >= 11 is 0. The van der Waals surface area contributed by atoms with Crippen LogP contribution in [-0.4, -0.2) is 33.3 Å². The molecule has 114 valence electrons. The first kappa shape index (κ1) is 15.3. The molecule has 0 saturated carbocycles. The first-order chi connectivity index (χ1) is 9.99. The van der Waals surface area contributed by atoms with Crippen LogP contribution >= 0.6 is 0 Å². The van der Waals surface area contributed by atoms with E-state index in [1.54, 1.807) is 0 Å². The Morgan fingerprint density at radius 2 is 2.00 bits per heavy atom. The fourth-order valence-electron chi connectivity index (χ4n) is 2.69. The zero-order valence-electron chi connectivity index (χ0n) is 12.4. The van der Waals surface area contributed by atoms with Gasteiger partial charge in [0.2, 0.25) is 5.91 Å². The zero-order chi connectivity index (χ0) is 15.4. The lowest BCUT2D eigenvalue weighted by molar-refractivity contribution is -0.147. The number of hydrogen-bond acceptors (Lipinski definition) is 3. The molecule has 0 fully saturated rings. The molecule has 0 aromatic carbocycles. The number of rotatable bonds is 5. The molecule has 6 heteroatoms. The van der Waals surface area contributed by atoms with Crippen molar-refractivity contribution in [2.45, 2.75) is 33.2 Å². The van der Waals surface area contributed by atoms with Crippen LogP contribution in [-0.2, 0) is 16.1 Å². The molecule has 0 radical (unpaired) electrons. The van der Waals surface area contributed by atoms with Crippen molar-refractivity contribution in [1.29, 1.82) is 0 Å². The van der Waals surface area contributed by atoms with Crippen LogP contribution in [0.5, 0.6) is 0 Å². The lowest BCUT2D eigenvalue weighted by Gasteiger charge is -2.24. The highest BCUT2D eigenvalue weighted by molar-refractivity contribution is 5.85. The molecule has 2 atom stereocenters. The van der Waals surface area contributed by atoms with Crippen molar-refractivity contribution in [3.63, 3.8) is 0 Å². The van der Waals surface area contributed by atoms with Crippen molar-refractivity contribution in [3.8, 4) is 0 Å². The van der Waals surface area contributed by atoms with E-state index in [0.29, 0.717) is 25.9 Å². The summed E-state index contributed by atoms with van der Waals surface area (Å²) < 4.78 is 1.84. The molecule has 1 amide bonds. The molecule has 1 heterocycles. The van der Waals surface area contributed by atoms with Crippen molar-refractivity contribution in [3.05, 3.63) is 29.6 Å². The number of nitrogens with zero attached hydrogens (tertiary/aromatic N) is 2. The minimum absolute atomic E-state index is 0.187. The maximum Gasteiger partial charge on any atom is 0.307 e. The maximum absolute atomic E-state index is 12.2. The number of carboxylic acids is 1. The lowest BCUT2D eigenvalue weighted by atomic mass is 9.82. The summed E-state index contributed by atoms with van der Waals surface area (Å²) in [6.45, 7) is 4.93. The average molecular weight is 291 g/mol. The van der Waals surface area contributed by atoms with E-state index in [1.165, 1.54) is 0 Å². The Balaban J connectivity index is 1.88. The average Bonchev–Trinajstić information content (AvgIpc) is 2.77. The molecule has 6 nitrogen and oxygen atoms in total. The SMILES string of the molecule is Cc1cc(C)n(CCNC(=O)C2CC=CCC2C(=O)O)n1. The highest BCUT2D eigenvalue weighted by atomic mass is 16.4. The Bertz CT molecular complexity index is 563. The molecule has 1 aliphatic rings. The van der Waals surface area contributed by atoms with Crippen LogP contribution in [0.15, 0.2) is 18.2 Å². The standard InChI is InChI=1S/C15H21N3O3/c1-10-9-11(2)18(17-10)8-7-16-14(19)12-5-3-4-6-13(12)15(20)21/h3-4,9,12-13H,5-8H2,1-2H3,(H,16,19)(H,20,21). The number of allylic oxidation sites excluding steroid dienone is 2. The number of hydrogen-bond donors (Lipinski definition) is 2. The fourth-order valence-corrected chi connectivity index (χ4v) is 2.69. The second-order valence-electron chi connectivity index (χ2n) is 5.44. The number of carbonyl (C=O) groups is 2. The van der Waals surface area contributed by atoms with Gasteiger partial charge in [0.25, 0.3) is 0 Å². The molecule has 0 bridgehead atoms. The maximum atomic E-state index is 12.2. The summed E-state index contributed by atoms with van der Waals surface area (Å²) in [6, 6.07) is 1.98. The van der Waals surface area contributed by atoms with Gasteiger partial charge >= 0.3 is 5.97 Å². The van der Waals surface area contributed by atoms with E-state index in [-0.39, 0.29) is 5.91 Å². The Labute approximate surface area is 123 Å². The van der Waals surface area contributed by atoms with Crippen LogP contribution in [0.4, 0.5) is 0 Å². The van der Waals surface area contributed by atoms with Gasteiger partial charge in [-0.2, -0.15) is 5.10 Å². The molecule has 0 aliphatic heterocycles. The van der Waals surface area contributed by atoms with Crippen LogP contribution in [0.25, 0.3) is 0 Å². The normalized spacial score (nSPS) is 21.2. The van der Waals surface area contributed by atoms with Gasteiger partial charge in [-0.1, -0.05) is 12.2 Å². The summed E-state index contributed by atoms with van der Waals surface area (Å²) in [6.07, 6.45) is 4.62. The van der Waals surface area contributed by atoms with Gasteiger partial charge in [0.1, 0.15) is 0 Å². The van der Waals surface area contributed by atoms with Crippen LogP contribution < -0.4 is 5.32 Å². The molecule has 2 N–H and O–H groups in total. The van der Waals surface area contributed by atoms with Crippen molar-refractivity contribution in [2.24, 2.45) is 11.8 Å². The Kier molecular flexibility index (Phi) is 4.77. The van der Waals surface area contributed by atoms with Crippen molar-refractivity contribution in [2.75, 3.05) is 6.54 Å². The highest BCUT2D eigenvalue weighted by Gasteiger charge is 2.33. The van der Waals surface area contributed by atoms with Crippen molar-refractivity contribution >= 4 is 11.9 Å². The van der Waals surface area contributed by atoms with Crippen molar-refractivity contribution in [1.82, 2.24) is 15.1 Å². The first-order valence-electron chi connectivity index (χ1n) is 7.15. The summed E-state index contributed by atoms with van der Waals surface area (Å²) in [7, 11) is 0. The number of aryl methyl sites for hydroxylation is 2. The minimum atomic E-state index is -0.905. The van der Waals surface area contributed by atoms with Crippen LogP contribution in [0, 0.1) is 25.7 Å². The summed E-state index contributed by atoms with van der Waals surface area (Å²) in [4.78, 5) is 23.3. The molecule has 1 aliphatic carbocycles. The molecule has 0 spiro atoms. The Morgan fingerprint density at radius 1 is 1.33 bits per heavy atom. The van der Waals surface area contributed by atoms with E-state index in [9.17, 15) is 14.7 Å². The second-order valence-corrected chi connectivity index (χ2v) is 5.44. The fraction of sp³-hybridized carbons (Fsp3) is 0.533. The zero-order valence-corrected chi connectivity index (χ0v) is 12.4. The smallest absolute Gasteiger partial charge is 0.307 e. The molecule has 1 aromatic heterocycles. The lowest BCUT2D eigenvalue weighted by Crippen LogP contribution is -2.40. The van der Waals surface area contributed by atoms with Crippen LogP contribution in [0.3, 0.4) is 0 Å². The van der Waals surface area contributed by atoms with Gasteiger partial charge in [-0.05, 0) is 32.8 Å². The van der Waals surface area contributed by atoms with Gasteiger partial charge < -0.3 is 10.4 Å². The molecular weight excluding hydrogens is 270 g/mol. The second kappa shape index (κ2) is 6.56. The summed E-state index contributed by atoms with van der Waals surface area (Å²) in [5.74, 6) is -2.19.